The number of hydrogen-bond acceptors (Lipinski definition) is 4. The van der Waals surface area contributed by atoms with Crippen molar-refractivity contribution in [1.29, 1.82) is 0 Å². The minimum atomic E-state index is 0.381. The molecule has 1 aromatic rings. The van der Waals surface area contributed by atoms with Gasteiger partial charge in [-0.2, -0.15) is 0 Å². The van der Waals surface area contributed by atoms with Crippen LogP contribution in [0.25, 0.3) is 0 Å². The van der Waals surface area contributed by atoms with Crippen LogP contribution in [-0.4, -0.2) is 82.5 Å². The van der Waals surface area contributed by atoms with Crippen LogP contribution < -0.4 is 5.32 Å². The summed E-state index contributed by atoms with van der Waals surface area (Å²) in [7, 11) is 3.61. The molecule has 2 heterocycles. The first-order valence-corrected chi connectivity index (χ1v) is 11.5. The highest BCUT2D eigenvalue weighted by atomic mass is 16.5. The van der Waals surface area contributed by atoms with Gasteiger partial charge in [-0.3, -0.25) is 9.89 Å². The second-order valence-electron chi connectivity index (χ2n) is 8.74. The summed E-state index contributed by atoms with van der Waals surface area (Å²) in [6.45, 7) is 9.78. The summed E-state index contributed by atoms with van der Waals surface area (Å²) in [5.74, 6) is 2.42. The Morgan fingerprint density at radius 3 is 2.60 bits per heavy atom. The van der Waals surface area contributed by atoms with Crippen LogP contribution in [0.1, 0.15) is 37.8 Å². The lowest BCUT2D eigenvalue weighted by Gasteiger charge is -2.37. The molecule has 6 nitrogen and oxygen atoms in total. The van der Waals surface area contributed by atoms with E-state index in [9.17, 15) is 0 Å². The van der Waals surface area contributed by atoms with Gasteiger partial charge in [0.2, 0.25) is 0 Å². The Morgan fingerprint density at radius 2 is 1.90 bits per heavy atom. The zero-order valence-corrected chi connectivity index (χ0v) is 19.1. The number of nitrogens with zero attached hydrogens (tertiary/aromatic N) is 3. The van der Waals surface area contributed by atoms with Crippen LogP contribution in [0.2, 0.25) is 0 Å². The van der Waals surface area contributed by atoms with Gasteiger partial charge in [0.25, 0.3) is 0 Å². The van der Waals surface area contributed by atoms with Gasteiger partial charge in [-0.25, -0.2) is 0 Å². The van der Waals surface area contributed by atoms with Gasteiger partial charge in [-0.15, -0.1) is 0 Å². The molecule has 0 saturated carbocycles. The zero-order chi connectivity index (χ0) is 21.2. The largest absolute Gasteiger partial charge is 0.382 e. The van der Waals surface area contributed by atoms with Gasteiger partial charge < -0.3 is 19.7 Å². The molecular weight excluding hydrogens is 376 g/mol. The van der Waals surface area contributed by atoms with Crippen molar-refractivity contribution in [3.8, 4) is 0 Å². The number of hydrogen-bond donors (Lipinski definition) is 1. The lowest BCUT2D eigenvalue weighted by molar-refractivity contribution is 0.0536. The van der Waals surface area contributed by atoms with Crippen LogP contribution in [0, 0.1) is 11.8 Å². The third-order valence-electron chi connectivity index (χ3n) is 6.48. The molecule has 2 unspecified atom stereocenters. The average Bonchev–Trinajstić information content (AvgIpc) is 3.25. The van der Waals surface area contributed by atoms with Gasteiger partial charge in [0.05, 0.1) is 25.9 Å². The normalized spacial score (nSPS) is 22.4. The lowest BCUT2D eigenvalue weighted by Crippen LogP contribution is -2.46. The Balaban J connectivity index is 1.54. The first-order chi connectivity index (χ1) is 14.7. The molecule has 0 radical (unpaired) electrons. The molecule has 2 saturated heterocycles. The van der Waals surface area contributed by atoms with Crippen molar-refractivity contribution in [2.75, 3.05) is 66.7 Å². The Kier molecular flexibility index (Phi) is 9.43. The summed E-state index contributed by atoms with van der Waals surface area (Å²) < 4.78 is 10.8. The summed E-state index contributed by atoms with van der Waals surface area (Å²) >= 11 is 0. The predicted molar refractivity (Wildman–Crippen MR) is 123 cm³/mol. The van der Waals surface area contributed by atoms with E-state index < -0.39 is 0 Å². The van der Waals surface area contributed by atoms with Crippen LogP contribution in [0.4, 0.5) is 0 Å². The van der Waals surface area contributed by atoms with Crippen LogP contribution in [-0.2, 0) is 9.47 Å². The molecule has 1 N–H and O–H groups in total. The van der Waals surface area contributed by atoms with Crippen molar-refractivity contribution in [3.63, 3.8) is 0 Å². The van der Waals surface area contributed by atoms with Crippen molar-refractivity contribution in [1.82, 2.24) is 15.1 Å². The van der Waals surface area contributed by atoms with Gasteiger partial charge in [-0.05, 0) is 43.8 Å². The minimum Gasteiger partial charge on any atom is -0.382 e. The molecule has 0 aliphatic carbocycles. The fourth-order valence-electron chi connectivity index (χ4n) is 4.55. The highest BCUT2D eigenvalue weighted by molar-refractivity contribution is 5.80. The second kappa shape index (κ2) is 12.3. The molecule has 2 aliphatic rings. The zero-order valence-electron chi connectivity index (χ0n) is 19.1. The van der Waals surface area contributed by atoms with E-state index in [1.165, 1.54) is 31.5 Å². The number of guanidine groups is 1. The number of nitrogens with one attached hydrogen (secondary N) is 1. The smallest absolute Gasteiger partial charge is 0.193 e. The molecule has 30 heavy (non-hydrogen) atoms. The van der Waals surface area contributed by atoms with Crippen molar-refractivity contribution >= 4 is 5.96 Å². The minimum absolute atomic E-state index is 0.381. The number of aliphatic imine (C=N–C) groups is 1. The maximum Gasteiger partial charge on any atom is 0.193 e. The van der Waals surface area contributed by atoms with E-state index in [-0.39, 0.29) is 0 Å². The summed E-state index contributed by atoms with van der Waals surface area (Å²) in [6.07, 6.45) is 3.73. The number of rotatable bonds is 9. The molecule has 0 amide bonds. The quantitative estimate of drug-likeness (QED) is 0.381. The molecule has 0 bridgehead atoms. The van der Waals surface area contributed by atoms with Crippen LogP contribution >= 0.6 is 0 Å². The third kappa shape index (κ3) is 6.69. The van der Waals surface area contributed by atoms with E-state index in [0.29, 0.717) is 25.2 Å². The van der Waals surface area contributed by atoms with Crippen LogP contribution in [0.5, 0.6) is 0 Å². The topological polar surface area (TPSA) is 49.3 Å². The van der Waals surface area contributed by atoms with Gasteiger partial charge in [0.15, 0.2) is 5.96 Å². The molecule has 6 heteroatoms. The summed E-state index contributed by atoms with van der Waals surface area (Å²) in [5, 5.41) is 3.69. The second-order valence-corrected chi connectivity index (χ2v) is 8.74. The number of likely N-dealkylation sites (tertiary alicyclic amines) is 2. The Morgan fingerprint density at radius 1 is 1.13 bits per heavy atom. The SMILES string of the molecule is CN=C(NCC(c1ccccc1)N1CCC(C)CC1)N1CCC(COCCOC)C1. The lowest BCUT2D eigenvalue weighted by atomic mass is 9.95. The summed E-state index contributed by atoms with van der Waals surface area (Å²) in [6, 6.07) is 11.3. The standard InChI is InChI=1S/C24H40N4O2/c1-20-9-12-27(13-10-20)23(22-7-5-4-6-8-22)17-26-24(25-2)28-14-11-21(18-28)19-30-16-15-29-3/h4-8,20-21,23H,9-19H2,1-3H3,(H,25,26). The van der Waals surface area contributed by atoms with E-state index in [1.54, 1.807) is 7.11 Å². The highest BCUT2D eigenvalue weighted by Gasteiger charge is 2.28. The van der Waals surface area contributed by atoms with Crippen molar-refractivity contribution < 1.29 is 9.47 Å². The summed E-state index contributed by atoms with van der Waals surface area (Å²) in [4.78, 5) is 9.61. The van der Waals surface area contributed by atoms with E-state index in [0.717, 1.165) is 44.5 Å². The maximum absolute atomic E-state index is 5.75. The predicted octanol–water partition coefficient (Wildman–Crippen LogP) is 3.02. The molecule has 1 aromatic carbocycles. The number of benzene rings is 1. The Hall–Kier alpha value is -1.63. The van der Waals surface area contributed by atoms with Crippen molar-refractivity contribution in [2.45, 2.75) is 32.2 Å². The summed E-state index contributed by atoms with van der Waals surface area (Å²) in [5.41, 5.74) is 1.39. The maximum atomic E-state index is 5.75. The molecule has 2 aliphatic heterocycles. The monoisotopic (exact) mass is 416 g/mol. The average molecular weight is 417 g/mol. The Bertz CT molecular complexity index is 631. The van der Waals surface area contributed by atoms with E-state index in [1.807, 2.05) is 7.05 Å². The third-order valence-corrected chi connectivity index (χ3v) is 6.48. The highest BCUT2D eigenvalue weighted by Crippen LogP contribution is 2.26. The Labute approximate surface area is 182 Å². The molecule has 2 atom stereocenters. The van der Waals surface area contributed by atoms with Gasteiger partial charge >= 0.3 is 0 Å². The fourth-order valence-corrected chi connectivity index (χ4v) is 4.55. The first-order valence-electron chi connectivity index (χ1n) is 11.5. The number of piperidine rings is 1. The van der Waals surface area contributed by atoms with Crippen LogP contribution in [0.3, 0.4) is 0 Å². The molecule has 0 spiro atoms. The molecule has 3 rings (SSSR count). The fraction of sp³-hybridized carbons (Fsp3) is 0.708. The van der Waals surface area contributed by atoms with Crippen molar-refractivity contribution in [2.24, 2.45) is 16.8 Å². The van der Waals surface area contributed by atoms with Crippen molar-refractivity contribution in [3.05, 3.63) is 35.9 Å². The number of ether oxygens (including phenoxy) is 2. The first kappa shape index (κ1) is 23.0. The van der Waals surface area contributed by atoms with E-state index >= 15 is 0 Å². The van der Waals surface area contributed by atoms with Gasteiger partial charge in [0, 0.05) is 39.7 Å². The van der Waals surface area contributed by atoms with Crippen LogP contribution in [0.15, 0.2) is 35.3 Å². The van der Waals surface area contributed by atoms with E-state index in [2.05, 4.69) is 57.4 Å². The molecule has 168 valence electrons. The molecule has 0 aromatic heterocycles. The van der Waals surface area contributed by atoms with Gasteiger partial charge in [0.1, 0.15) is 0 Å². The molecule has 2 fully saturated rings. The van der Waals surface area contributed by atoms with E-state index in [4.69, 9.17) is 9.47 Å². The molecular formula is C24H40N4O2. The number of methoxy groups -OCH3 is 1. The van der Waals surface area contributed by atoms with Gasteiger partial charge in [-0.1, -0.05) is 37.3 Å².